The Balaban J connectivity index is 2.52. The molecule has 1 heterocycles. The number of rotatable bonds is 2. The van der Waals surface area contributed by atoms with Crippen molar-refractivity contribution in [3.8, 4) is 0 Å². The van der Waals surface area contributed by atoms with Crippen LogP contribution in [0.2, 0.25) is 5.02 Å². The Bertz CT molecular complexity index is 637. The first-order valence-electron chi connectivity index (χ1n) is 5.26. The molecule has 2 rings (SSSR count). The van der Waals surface area contributed by atoms with Gasteiger partial charge in [0, 0.05) is 0 Å². The Morgan fingerprint density at radius 1 is 1.47 bits per heavy atom. The molecule has 0 fully saturated rings. The lowest BCUT2D eigenvalue weighted by Crippen LogP contribution is -2.06. The first kappa shape index (κ1) is 13.7. The molecule has 0 saturated heterocycles. The normalized spacial score (nSPS) is 11.8. The second-order valence-corrected chi connectivity index (χ2v) is 4.06. The summed E-state index contributed by atoms with van der Waals surface area (Å²) in [5, 5.41) is -0.470. The topological polar surface area (TPSA) is 55.0 Å². The summed E-state index contributed by atoms with van der Waals surface area (Å²) in [6.45, 7) is 1.75. The zero-order valence-electron chi connectivity index (χ0n) is 9.64. The van der Waals surface area contributed by atoms with Crippen molar-refractivity contribution in [2.75, 3.05) is 6.61 Å². The highest BCUT2D eigenvalue weighted by atomic mass is 35.5. The molecule has 1 aromatic heterocycles. The minimum atomic E-state index is -4.57. The number of hydrogen-bond acceptors (Lipinski definition) is 3. The van der Waals surface area contributed by atoms with Crippen molar-refractivity contribution in [2.24, 2.45) is 0 Å². The van der Waals surface area contributed by atoms with E-state index >= 15 is 0 Å². The van der Waals surface area contributed by atoms with E-state index in [9.17, 15) is 18.0 Å². The van der Waals surface area contributed by atoms with Crippen molar-refractivity contribution in [3.05, 3.63) is 28.5 Å². The summed E-state index contributed by atoms with van der Waals surface area (Å²) in [5.41, 5.74) is -0.749. The standard InChI is InChI=1S/C11H8ClF3N2O2/c1-2-19-10(18)9-16-7-3-5(11(13,14)15)6(12)4-8(7)17-9/h3-4H,2H2,1H3,(H,16,17). The number of nitrogens with one attached hydrogen (secondary N) is 1. The van der Waals surface area contributed by atoms with Crippen LogP contribution < -0.4 is 0 Å². The zero-order valence-corrected chi connectivity index (χ0v) is 10.4. The molecule has 1 N–H and O–H groups in total. The number of fused-ring (bicyclic) bond motifs is 1. The molecule has 8 heteroatoms. The number of H-pyrrole nitrogens is 1. The molecule has 4 nitrogen and oxygen atoms in total. The smallest absolute Gasteiger partial charge is 0.417 e. The van der Waals surface area contributed by atoms with Gasteiger partial charge in [0.05, 0.1) is 28.2 Å². The van der Waals surface area contributed by atoms with E-state index in [0.29, 0.717) is 0 Å². The number of halogens is 4. The number of ether oxygens (including phenoxy) is 1. The molecule has 0 radical (unpaired) electrons. The van der Waals surface area contributed by atoms with Crippen LogP contribution in [0.4, 0.5) is 13.2 Å². The summed E-state index contributed by atoms with van der Waals surface area (Å²) in [6, 6.07) is 1.87. The highest BCUT2D eigenvalue weighted by Gasteiger charge is 2.34. The van der Waals surface area contributed by atoms with Gasteiger partial charge in [0.2, 0.25) is 5.82 Å². The van der Waals surface area contributed by atoms with Gasteiger partial charge in [-0.05, 0) is 19.1 Å². The lowest BCUT2D eigenvalue weighted by atomic mass is 10.2. The predicted octanol–water partition coefficient (Wildman–Crippen LogP) is 3.41. The third kappa shape index (κ3) is 2.65. The van der Waals surface area contributed by atoms with E-state index in [1.807, 2.05) is 0 Å². The largest absolute Gasteiger partial charge is 0.460 e. The number of carbonyl (C=O) groups is 1. The first-order valence-corrected chi connectivity index (χ1v) is 5.64. The highest BCUT2D eigenvalue weighted by molar-refractivity contribution is 6.32. The van der Waals surface area contributed by atoms with Crippen molar-refractivity contribution < 1.29 is 22.7 Å². The van der Waals surface area contributed by atoms with Gasteiger partial charge < -0.3 is 9.72 Å². The number of aromatic nitrogens is 2. The molecule has 0 spiro atoms. The lowest BCUT2D eigenvalue weighted by molar-refractivity contribution is -0.137. The molecule has 0 amide bonds. The summed E-state index contributed by atoms with van der Waals surface area (Å²) in [6.07, 6.45) is -4.57. The number of nitrogens with zero attached hydrogens (tertiary/aromatic N) is 1. The molecular weight excluding hydrogens is 285 g/mol. The number of aromatic amines is 1. The number of benzene rings is 1. The number of carbonyl (C=O) groups excluding carboxylic acids is 1. The predicted molar refractivity (Wildman–Crippen MR) is 62.1 cm³/mol. The van der Waals surface area contributed by atoms with Crippen LogP contribution in [0.3, 0.4) is 0 Å². The van der Waals surface area contributed by atoms with E-state index in [4.69, 9.17) is 16.3 Å². The second-order valence-electron chi connectivity index (χ2n) is 3.65. The minimum absolute atomic E-state index is 0.0692. The first-order chi connectivity index (χ1) is 8.82. The summed E-state index contributed by atoms with van der Waals surface area (Å²) in [4.78, 5) is 17.7. The monoisotopic (exact) mass is 292 g/mol. The molecule has 0 bridgehead atoms. The number of imidazole rings is 1. The lowest BCUT2D eigenvalue weighted by Gasteiger charge is -2.07. The molecule has 0 aliphatic carbocycles. The molecule has 2 aromatic rings. The molecular formula is C11H8ClF3N2O2. The molecule has 102 valence electrons. The van der Waals surface area contributed by atoms with Crippen LogP contribution in [0.15, 0.2) is 12.1 Å². The second kappa shape index (κ2) is 4.73. The van der Waals surface area contributed by atoms with Gasteiger partial charge in [-0.15, -0.1) is 0 Å². The molecule has 19 heavy (non-hydrogen) atoms. The quantitative estimate of drug-likeness (QED) is 0.863. The van der Waals surface area contributed by atoms with Crippen LogP contribution in [0.1, 0.15) is 23.1 Å². The Labute approximate surface area is 110 Å². The van der Waals surface area contributed by atoms with E-state index in [-0.39, 0.29) is 23.5 Å². The Kier molecular flexibility index (Phi) is 3.40. The SMILES string of the molecule is CCOC(=O)c1nc2cc(Cl)c(C(F)(F)F)cc2[nH]1. The Hall–Kier alpha value is -1.76. The van der Waals surface area contributed by atoms with Crippen LogP contribution in [0.5, 0.6) is 0 Å². The summed E-state index contributed by atoms with van der Waals surface area (Å²) in [5.74, 6) is -0.893. The van der Waals surface area contributed by atoms with Gasteiger partial charge in [-0.2, -0.15) is 13.2 Å². The molecule has 0 saturated carbocycles. The van der Waals surface area contributed by atoms with Crippen LogP contribution in [-0.4, -0.2) is 22.5 Å². The fourth-order valence-corrected chi connectivity index (χ4v) is 1.81. The molecule has 0 aliphatic rings. The fraction of sp³-hybridized carbons (Fsp3) is 0.273. The fourth-order valence-electron chi connectivity index (χ4n) is 1.54. The molecule has 0 unspecified atom stereocenters. The number of esters is 1. The van der Waals surface area contributed by atoms with Crippen LogP contribution in [0.25, 0.3) is 11.0 Å². The van der Waals surface area contributed by atoms with Crippen LogP contribution in [-0.2, 0) is 10.9 Å². The van der Waals surface area contributed by atoms with Crippen molar-refractivity contribution >= 4 is 28.6 Å². The van der Waals surface area contributed by atoms with Crippen molar-refractivity contribution in [3.63, 3.8) is 0 Å². The van der Waals surface area contributed by atoms with Gasteiger partial charge >= 0.3 is 12.1 Å². The maximum absolute atomic E-state index is 12.7. The highest BCUT2D eigenvalue weighted by Crippen LogP contribution is 2.36. The van der Waals surface area contributed by atoms with Crippen LogP contribution in [0, 0.1) is 0 Å². The maximum Gasteiger partial charge on any atom is 0.417 e. The minimum Gasteiger partial charge on any atom is -0.460 e. The van der Waals surface area contributed by atoms with Gasteiger partial charge in [-0.3, -0.25) is 0 Å². The molecule has 1 aromatic carbocycles. The van der Waals surface area contributed by atoms with Gasteiger partial charge in [-0.1, -0.05) is 11.6 Å². The van der Waals surface area contributed by atoms with E-state index in [0.717, 1.165) is 12.1 Å². The van der Waals surface area contributed by atoms with E-state index in [1.54, 1.807) is 6.92 Å². The van der Waals surface area contributed by atoms with E-state index in [1.165, 1.54) is 0 Å². The molecule has 0 atom stereocenters. The van der Waals surface area contributed by atoms with E-state index < -0.39 is 22.7 Å². The van der Waals surface area contributed by atoms with Gasteiger partial charge in [0.1, 0.15) is 0 Å². The van der Waals surface area contributed by atoms with Gasteiger partial charge in [-0.25, -0.2) is 9.78 Å². The number of alkyl halides is 3. The van der Waals surface area contributed by atoms with Crippen molar-refractivity contribution in [1.29, 1.82) is 0 Å². The zero-order chi connectivity index (χ0) is 14.2. The average molecular weight is 293 g/mol. The Morgan fingerprint density at radius 3 is 2.74 bits per heavy atom. The van der Waals surface area contributed by atoms with Crippen molar-refractivity contribution in [1.82, 2.24) is 9.97 Å². The van der Waals surface area contributed by atoms with Crippen LogP contribution >= 0.6 is 11.6 Å². The average Bonchev–Trinajstić information content (AvgIpc) is 2.69. The molecule has 0 aliphatic heterocycles. The number of hydrogen-bond donors (Lipinski definition) is 1. The Morgan fingerprint density at radius 2 is 2.16 bits per heavy atom. The van der Waals surface area contributed by atoms with Crippen molar-refractivity contribution in [2.45, 2.75) is 13.1 Å². The summed E-state index contributed by atoms with van der Waals surface area (Å²) < 4.78 is 42.7. The summed E-state index contributed by atoms with van der Waals surface area (Å²) >= 11 is 5.55. The maximum atomic E-state index is 12.7. The third-order valence-electron chi connectivity index (χ3n) is 2.34. The van der Waals surface area contributed by atoms with Gasteiger partial charge in [0.25, 0.3) is 0 Å². The van der Waals surface area contributed by atoms with E-state index in [2.05, 4.69) is 9.97 Å². The van der Waals surface area contributed by atoms with Gasteiger partial charge in [0.15, 0.2) is 0 Å². The third-order valence-corrected chi connectivity index (χ3v) is 2.66. The summed E-state index contributed by atoms with van der Waals surface area (Å²) in [7, 11) is 0.